The van der Waals surface area contributed by atoms with Crippen molar-refractivity contribution < 1.29 is 9.90 Å². The molecule has 1 saturated heterocycles. The van der Waals surface area contributed by atoms with Crippen LogP contribution in [-0.4, -0.2) is 35.1 Å². The van der Waals surface area contributed by atoms with Gasteiger partial charge in [0.25, 0.3) is 0 Å². The number of hydrogen-bond donors (Lipinski definition) is 1. The van der Waals surface area contributed by atoms with Crippen molar-refractivity contribution in [2.24, 2.45) is 11.8 Å². The van der Waals surface area contributed by atoms with Crippen molar-refractivity contribution in [3.05, 3.63) is 41.5 Å². The maximum absolute atomic E-state index is 11.7. The lowest BCUT2D eigenvalue weighted by atomic mass is 9.74. The van der Waals surface area contributed by atoms with Gasteiger partial charge in [-0.1, -0.05) is 36.8 Å². The molecule has 2 bridgehead atoms. The van der Waals surface area contributed by atoms with Crippen molar-refractivity contribution in [3.63, 3.8) is 0 Å². The van der Waals surface area contributed by atoms with Gasteiger partial charge in [0.15, 0.2) is 0 Å². The lowest BCUT2D eigenvalue weighted by Crippen LogP contribution is -2.47. The van der Waals surface area contributed by atoms with E-state index in [2.05, 4.69) is 23.1 Å². The zero-order valence-corrected chi connectivity index (χ0v) is 14.1. The predicted molar refractivity (Wildman–Crippen MR) is 93.8 cm³/mol. The molecular weight excluding hydrogens is 298 g/mol. The van der Waals surface area contributed by atoms with E-state index in [1.807, 2.05) is 12.1 Å². The van der Waals surface area contributed by atoms with Crippen LogP contribution >= 0.6 is 0 Å². The Balaban J connectivity index is 1.40. The summed E-state index contributed by atoms with van der Waals surface area (Å²) in [6, 6.07) is 8.95. The van der Waals surface area contributed by atoms with E-state index in [9.17, 15) is 9.90 Å². The van der Waals surface area contributed by atoms with Crippen LogP contribution in [0.4, 0.5) is 0 Å². The minimum absolute atomic E-state index is 0.0432. The van der Waals surface area contributed by atoms with Gasteiger partial charge < -0.3 is 10.0 Å². The molecule has 3 atom stereocenters. The normalized spacial score (nSPS) is 33.7. The predicted octanol–water partition coefficient (Wildman–Crippen LogP) is 3.69. The van der Waals surface area contributed by atoms with Crippen LogP contribution < -0.4 is 0 Å². The number of hydrogen-bond acceptors (Lipinski definition) is 2. The number of rotatable bonds is 2. The highest BCUT2D eigenvalue weighted by atomic mass is 16.4. The van der Waals surface area contributed by atoms with Gasteiger partial charge in [0.2, 0.25) is 0 Å². The van der Waals surface area contributed by atoms with E-state index < -0.39 is 5.97 Å². The summed E-state index contributed by atoms with van der Waals surface area (Å²) in [6.45, 7) is 2.23. The zero-order chi connectivity index (χ0) is 16.3. The minimum Gasteiger partial charge on any atom is -0.478 e. The molecule has 0 amide bonds. The molecule has 1 aliphatic heterocycles. The first-order valence-corrected chi connectivity index (χ1v) is 9.46. The van der Waals surface area contributed by atoms with Gasteiger partial charge in [-0.15, -0.1) is 0 Å². The highest BCUT2D eigenvalue weighted by Gasteiger charge is 2.47. The minimum atomic E-state index is -0.783. The standard InChI is InChI=1S/C21H25NO2/c23-20(24)17-13-21(18-4-2-1-3-16(17)18)7-9-22(10-8-21)19-12-14-5-6-15(19)11-14/h1-4,13-15,19H,5-12H2,(H,23,24). The largest absolute Gasteiger partial charge is 0.478 e. The molecule has 1 spiro atoms. The van der Waals surface area contributed by atoms with Crippen LogP contribution in [0.25, 0.3) is 5.57 Å². The highest BCUT2D eigenvalue weighted by Crippen LogP contribution is 2.50. The summed E-state index contributed by atoms with van der Waals surface area (Å²) in [5, 5.41) is 9.59. The first-order valence-electron chi connectivity index (χ1n) is 9.46. The summed E-state index contributed by atoms with van der Waals surface area (Å²) in [5.74, 6) is 1.14. The number of piperidine rings is 1. The Hall–Kier alpha value is -1.61. The number of carbonyl (C=O) groups is 1. The molecule has 1 N–H and O–H groups in total. The SMILES string of the molecule is O=C(O)C1=CC2(CCN(C3CC4CCC3C4)CC2)c2ccccc21. The van der Waals surface area contributed by atoms with Crippen molar-refractivity contribution in [1.82, 2.24) is 4.90 Å². The van der Waals surface area contributed by atoms with Gasteiger partial charge >= 0.3 is 5.97 Å². The van der Waals surface area contributed by atoms with Crippen molar-refractivity contribution in [3.8, 4) is 0 Å². The molecule has 3 heteroatoms. The summed E-state index contributed by atoms with van der Waals surface area (Å²) in [6.07, 6.45) is 9.95. The Labute approximate surface area is 143 Å². The average molecular weight is 323 g/mol. The molecule has 24 heavy (non-hydrogen) atoms. The fraction of sp³-hybridized carbons (Fsp3) is 0.571. The molecule has 126 valence electrons. The van der Waals surface area contributed by atoms with E-state index in [0.29, 0.717) is 5.57 Å². The van der Waals surface area contributed by atoms with E-state index in [1.54, 1.807) is 0 Å². The lowest BCUT2D eigenvalue weighted by molar-refractivity contribution is -0.130. The monoisotopic (exact) mass is 323 g/mol. The highest BCUT2D eigenvalue weighted by molar-refractivity contribution is 6.17. The van der Waals surface area contributed by atoms with Gasteiger partial charge in [0, 0.05) is 11.5 Å². The molecule has 5 rings (SSSR count). The van der Waals surface area contributed by atoms with E-state index in [1.165, 1.54) is 31.2 Å². The van der Waals surface area contributed by atoms with E-state index in [-0.39, 0.29) is 5.41 Å². The molecule has 0 radical (unpaired) electrons. The number of fused-ring (bicyclic) bond motifs is 4. The Bertz CT molecular complexity index is 714. The Morgan fingerprint density at radius 3 is 2.58 bits per heavy atom. The summed E-state index contributed by atoms with van der Waals surface area (Å²) in [7, 11) is 0. The molecule has 2 saturated carbocycles. The number of nitrogens with zero attached hydrogens (tertiary/aromatic N) is 1. The second-order valence-corrected chi connectivity index (χ2v) is 8.34. The fourth-order valence-electron chi connectivity index (χ4n) is 6.09. The van der Waals surface area contributed by atoms with Gasteiger partial charge in [-0.25, -0.2) is 4.79 Å². The zero-order valence-electron chi connectivity index (χ0n) is 14.1. The quantitative estimate of drug-likeness (QED) is 0.902. The van der Waals surface area contributed by atoms with Crippen molar-refractivity contribution in [2.45, 2.75) is 50.0 Å². The number of aliphatic carboxylic acids is 1. The third kappa shape index (κ3) is 2.03. The Kier molecular flexibility index (Phi) is 3.18. The molecule has 3 nitrogen and oxygen atoms in total. The van der Waals surface area contributed by atoms with Gasteiger partial charge in [-0.05, 0) is 68.2 Å². The number of carboxylic acid groups (broad SMARTS) is 1. The molecule has 0 aromatic heterocycles. The van der Waals surface area contributed by atoms with Crippen LogP contribution in [0.5, 0.6) is 0 Å². The summed E-state index contributed by atoms with van der Waals surface area (Å²) in [4.78, 5) is 14.4. The second kappa shape index (κ2) is 5.19. The van der Waals surface area contributed by atoms with Crippen molar-refractivity contribution >= 4 is 11.5 Å². The molecule has 1 aromatic carbocycles. The topological polar surface area (TPSA) is 40.5 Å². The van der Waals surface area contributed by atoms with Crippen molar-refractivity contribution in [2.75, 3.05) is 13.1 Å². The van der Waals surface area contributed by atoms with Gasteiger partial charge in [-0.2, -0.15) is 0 Å². The third-order valence-electron chi connectivity index (χ3n) is 7.26. The number of likely N-dealkylation sites (tertiary alicyclic amines) is 1. The molecule has 3 unspecified atom stereocenters. The van der Waals surface area contributed by atoms with Gasteiger partial charge in [0.1, 0.15) is 0 Å². The van der Waals surface area contributed by atoms with E-state index >= 15 is 0 Å². The van der Waals surface area contributed by atoms with E-state index in [0.717, 1.165) is 49.4 Å². The lowest BCUT2D eigenvalue weighted by Gasteiger charge is -2.44. The molecule has 1 heterocycles. The maximum Gasteiger partial charge on any atom is 0.336 e. The van der Waals surface area contributed by atoms with Crippen molar-refractivity contribution in [1.29, 1.82) is 0 Å². The van der Waals surface area contributed by atoms with Crippen LogP contribution in [0.1, 0.15) is 49.7 Å². The van der Waals surface area contributed by atoms with Crippen LogP contribution in [0.2, 0.25) is 0 Å². The molecule has 4 aliphatic rings. The molecule has 1 aromatic rings. The van der Waals surface area contributed by atoms with E-state index in [4.69, 9.17) is 0 Å². The number of allylic oxidation sites excluding steroid dienone is 1. The first-order chi connectivity index (χ1) is 11.7. The fourth-order valence-corrected chi connectivity index (χ4v) is 6.09. The first kappa shape index (κ1) is 14.7. The maximum atomic E-state index is 11.7. The van der Waals surface area contributed by atoms with Gasteiger partial charge in [-0.3, -0.25) is 0 Å². The number of carboxylic acids is 1. The summed E-state index contributed by atoms with van der Waals surface area (Å²) >= 11 is 0. The van der Waals surface area contributed by atoms with Gasteiger partial charge in [0.05, 0.1) is 5.57 Å². The molecular formula is C21H25NO2. The van der Waals surface area contributed by atoms with Crippen LogP contribution in [0.15, 0.2) is 30.3 Å². The second-order valence-electron chi connectivity index (χ2n) is 8.34. The third-order valence-corrected chi connectivity index (χ3v) is 7.26. The Morgan fingerprint density at radius 2 is 1.92 bits per heavy atom. The number of benzene rings is 1. The molecule has 3 fully saturated rings. The summed E-state index contributed by atoms with van der Waals surface area (Å²) in [5.41, 5.74) is 2.66. The average Bonchev–Trinajstić information content (AvgIpc) is 3.30. The van der Waals surface area contributed by atoms with Crippen LogP contribution in [0.3, 0.4) is 0 Å². The smallest absolute Gasteiger partial charge is 0.336 e. The Morgan fingerprint density at radius 1 is 1.12 bits per heavy atom. The van der Waals surface area contributed by atoms with Crippen LogP contribution in [0, 0.1) is 11.8 Å². The van der Waals surface area contributed by atoms with Crippen LogP contribution in [-0.2, 0) is 10.2 Å². The molecule has 3 aliphatic carbocycles. The summed E-state index contributed by atoms with van der Waals surface area (Å²) < 4.78 is 0.